The number of aromatic nitrogens is 2. The van der Waals surface area contributed by atoms with Crippen LogP contribution in [-0.2, 0) is 29.9 Å². The van der Waals surface area contributed by atoms with Gasteiger partial charge in [0.2, 0.25) is 0 Å². The van der Waals surface area contributed by atoms with Crippen LogP contribution in [0.25, 0.3) is 0 Å². The van der Waals surface area contributed by atoms with Gasteiger partial charge in [0.05, 0.1) is 6.33 Å². The van der Waals surface area contributed by atoms with Gasteiger partial charge in [0.25, 0.3) is 10.0 Å². The molecule has 180 valence electrons. The van der Waals surface area contributed by atoms with Crippen LogP contribution in [0.5, 0.6) is 5.75 Å². The van der Waals surface area contributed by atoms with Crippen molar-refractivity contribution >= 4 is 10.0 Å². The lowest BCUT2D eigenvalue weighted by Gasteiger charge is -2.45. The molecular weight excluding hydrogens is 448 g/mol. The number of fused-ring (bicyclic) bond motifs is 1. The minimum atomic E-state index is -3.63. The number of sulfonamides is 1. The Morgan fingerprint density at radius 2 is 1.97 bits per heavy atom. The Morgan fingerprint density at radius 3 is 2.68 bits per heavy atom. The normalized spacial score (nSPS) is 20.5. The fraction of sp³-hybridized carbons (Fsp3) is 0.423. The molecule has 2 aliphatic rings. The topological polar surface area (TPSA) is 76.5 Å². The zero-order valence-corrected chi connectivity index (χ0v) is 20.4. The maximum Gasteiger partial charge on any atom is 0.259 e. The molecule has 2 atom stereocenters. The van der Waals surface area contributed by atoms with Gasteiger partial charge in [-0.25, -0.2) is 18.1 Å². The summed E-state index contributed by atoms with van der Waals surface area (Å²) in [7, 11) is -1.89. The molecule has 5 rings (SSSR count). The number of nitrogens with zero attached hydrogens (tertiary/aromatic N) is 3. The summed E-state index contributed by atoms with van der Waals surface area (Å²) in [4.78, 5) is 6.55. The maximum atomic E-state index is 12.4. The highest BCUT2D eigenvalue weighted by Gasteiger charge is 2.36. The summed E-state index contributed by atoms with van der Waals surface area (Å²) >= 11 is 0. The zero-order valence-electron chi connectivity index (χ0n) is 19.6. The van der Waals surface area contributed by atoms with Gasteiger partial charge in [-0.15, -0.1) is 0 Å². The third kappa shape index (κ3) is 5.04. The molecule has 1 aliphatic heterocycles. The third-order valence-corrected chi connectivity index (χ3v) is 8.31. The number of imidazole rings is 1. The molecule has 2 heterocycles. The van der Waals surface area contributed by atoms with Gasteiger partial charge < -0.3 is 9.30 Å². The van der Waals surface area contributed by atoms with E-state index < -0.39 is 10.0 Å². The molecule has 0 radical (unpaired) electrons. The van der Waals surface area contributed by atoms with Crippen LogP contribution in [0.4, 0.5) is 0 Å². The molecule has 1 aromatic heterocycles. The van der Waals surface area contributed by atoms with Gasteiger partial charge in [-0.2, -0.15) is 0 Å². The third-order valence-electron chi connectivity index (χ3n) is 6.97. The highest BCUT2D eigenvalue weighted by molar-refractivity contribution is 7.89. The molecule has 0 amide bonds. The molecule has 7 nitrogen and oxygen atoms in total. The number of ether oxygens (including phenoxy) is 1. The van der Waals surface area contributed by atoms with Gasteiger partial charge in [-0.05, 0) is 67.6 Å². The number of aryl methyl sites for hydroxylation is 2. The Labute approximate surface area is 201 Å². The van der Waals surface area contributed by atoms with Crippen LogP contribution in [0.3, 0.4) is 0 Å². The van der Waals surface area contributed by atoms with Crippen molar-refractivity contribution in [3.8, 4) is 5.75 Å². The second kappa shape index (κ2) is 9.90. The van der Waals surface area contributed by atoms with Crippen LogP contribution in [-0.4, -0.2) is 55.2 Å². The van der Waals surface area contributed by atoms with Crippen LogP contribution in [0, 0.1) is 0 Å². The molecule has 0 bridgehead atoms. The summed E-state index contributed by atoms with van der Waals surface area (Å²) in [5.74, 6) is 1.22. The summed E-state index contributed by atoms with van der Waals surface area (Å²) in [5, 5.41) is 0.0181. The van der Waals surface area contributed by atoms with E-state index in [4.69, 9.17) is 4.74 Å². The Kier molecular flexibility index (Phi) is 6.72. The van der Waals surface area contributed by atoms with Crippen LogP contribution in [0.2, 0.25) is 0 Å². The first kappa shape index (κ1) is 23.1. The fourth-order valence-electron chi connectivity index (χ4n) is 5.12. The summed E-state index contributed by atoms with van der Waals surface area (Å²) in [5.41, 5.74) is 4.14. The molecule has 1 saturated heterocycles. The second-order valence-corrected chi connectivity index (χ2v) is 11.0. The van der Waals surface area contributed by atoms with Gasteiger partial charge in [-0.1, -0.05) is 36.4 Å². The molecule has 1 N–H and O–H groups in total. The summed E-state index contributed by atoms with van der Waals surface area (Å²) in [6.07, 6.45) is 7.54. The largest absolute Gasteiger partial charge is 0.492 e. The Balaban J connectivity index is 1.28. The number of hydrogen-bond donors (Lipinski definition) is 1. The average molecular weight is 481 g/mol. The Morgan fingerprint density at radius 1 is 1.15 bits per heavy atom. The van der Waals surface area contributed by atoms with Crippen molar-refractivity contribution in [2.45, 2.75) is 42.7 Å². The van der Waals surface area contributed by atoms with Crippen molar-refractivity contribution < 1.29 is 13.2 Å². The van der Waals surface area contributed by atoms with E-state index in [9.17, 15) is 8.42 Å². The minimum Gasteiger partial charge on any atom is -0.492 e. The van der Waals surface area contributed by atoms with Crippen molar-refractivity contribution in [1.82, 2.24) is 19.2 Å². The van der Waals surface area contributed by atoms with E-state index in [1.807, 2.05) is 6.07 Å². The summed E-state index contributed by atoms with van der Waals surface area (Å²) < 4.78 is 34.9. The first-order valence-corrected chi connectivity index (χ1v) is 13.5. The predicted molar refractivity (Wildman–Crippen MR) is 132 cm³/mol. The van der Waals surface area contributed by atoms with E-state index >= 15 is 0 Å². The highest BCUT2D eigenvalue weighted by atomic mass is 32.2. The van der Waals surface area contributed by atoms with Crippen molar-refractivity contribution in [1.29, 1.82) is 0 Å². The van der Waals surface area contributed by atoms with E-state index in [0.717, 1.165) is 18.6 Å². The molecule has 1 fully saturated rings. The van der Waals surface area contributed by atoms with Crippen molar-refractivity contribution in [3.63, 3.8) is 0 Å². The minimum absolute atomic E-state index is 0.0181. The van der Waals surface area contributed by atoms with Gasteiger partial charge in [0.1, 0.15) is 12.4 Å². The smallest absolute Gasteiger partial charge is 0.259 e. The number of rotatable bonds is 9. The summed E-state index contributed by atoms with van der Waals surface area (Å²) in [6, 6.07) is 17.7. The van der Waals surface area contributed by atoms with Crippen LogP contribution in [0.1, 0.15) is 35.4 Å². The lowest BCUT2D eigenvalue weighted by atomic mass is 9.75. The van der Waals surface area contributed by atoms with Crippen LogP contribution < -0.4 is 9.46 Å². The van der Waals surface area contributed by atoms with Gasteiger partial charge in [0, 0.05) is 31.7 Å². The number of nitrogens with one attached hydrogen (secondary N) is 1. The number of hydrogen-bond acceptors (Lipinski definition) is 5. The average Bonchev–Trinajstić information content (AvgIpc) is 3.25. The monoisotopic (exact) mass is 480 g/mol. The molecule has 0 spiro atoms. The van der Waals surface area contributed by atoms with E-state index in [-0.39, 0.29) is 18.2 Å². The first-order valence-electron chi connectivity index (χ1n) is 12.0. The van der Waals surface area contributed by atoms with Crippen molar-refractivity contribution in [3.05, 3.63) is 77.7 Å². The van der Waals surface area contributed by atoms with E-state index in [0.29, 0.717) is 12.0 Å². The van der Waals surface area contributed by atoms with Crippen molar-refractivity contribution in [2.75, 3.05) is 26.2 Å². The van der Waals surface area contributed by atoms with Crippen LogP contribution >= 0.6 is 0 Å². The zero-order chi connectivity index (χ0) is 23.5. The SMILES string of the molecule is Cn1cnc(S(=O)(=O)NCCOc2ccc3c(c2)[C@@H](Cc2ccccc2)[C@@H](N2CCC2)CC3)c1. The molecule has 1 aliphatic carbocycles. The predicted octanol–water partition coefficient (Wildman–Crippen LogP) is 3.12. The number of likely N-dealkylation sites (tertiary alicyclic amines) is 1. The second-order valence-electron chi connectivity index (χ2n) is 9.28. The Bertz CT molecular complexity index is 1220. The van der Waals surface area contributed by atoms with E-state index in [2.05, 4.69) is 57.1 Å². The molecule has 2 aromatic carbocycles. The molecule has 34 heavy (non-hydrogen) atoms. The quantitative estimate of drug-likeness (QED) is 0.476. The Hall–Kier alpha value is -2.68. The summed E-state index contributed by atoms with van der Waals surface area (Å²) in [6.45, 7) is 2.82. The van der Waals surface area contributed by atoms with Gasteiger partial charge >= 0.3 is 0 Å². The molecule has 3 aromatic rings. The van der Waals surface area contributed by atoms with Crippen molar-refractivity contribution in [2.24, 2.45) is 7.05 Å². The highest BCUT2D eigenvalue weighted by Crippen LogP contribution is 2.40. The molecule has 8 heteroatoms. The van der Waals surface area contributed by atoms with Crippen LogP contribution in [0.15, 0.2) is 66.1 Å². The molecule has 0 saturated carbocycles. The molecule has 0 unspecified atom stereocenters. The molecular formula is C26H32N4O3S. The number of benzene rings is 2. The van der Waals surface area contributed by atoms with Gasteiger partial charge in [-0.3, -0.25) is 4.90 Å². The first-order chi connectivity index (χ1) is 16.5. The van der Waals surface area contributed by atoms with E-state index in [1.54, 1.807) is 11.6 Å². The lowest BCUT2D eigenvalue weighted by Crippen LogP contribution is -2.49. The van der Waals surface area contributed by atoms with E-state index in [1.165, 1.54) is 55.1 Å². The fourth-order valence-corrected chi connectivity index (χ4v) is 6.11. The standard InChI is InChI=1S/C26H32N4O3S/c1-29-18-26(27-19-29)34(31,32)28-12-15-33-22-10-8-21-9-11-25(30-13-5-14-30)24(23(21)17-22)16-20-6-3-2-4-7-20/h2-4,6-8,10,17-19,24-25,28H,5,9,11-16H2,1H3/t24-,25+/m1/s1. The lowest BCUT2D eigenvalue weighted by molar-refractivity contribution is 0.0876. The van der Waals surface area contributed by atoms with Gasteiger partial charge in [0.15, 0.2) is 5.03 Å². The maximum absolute atomic E-state index is 12.4.